The lowest BCUT2D eigenvalue weighted by atomic mass is 10.1. The number of nitro groups is 1. The van der Waals surface area contributed by atoms with Crippen molar-refractivity contribution in [2.75, 3.05) is 7.11 Å². The number of nitro benzene ring substituents is 1. The quantitative estimate of drug-likeness (QED) is 0.478. The van der Waals surface area contributed by atoms with Crippen LogP contribution in [0.1, 0.15) is 26.3 Å². The molecule has 0 heterocycles. The molecule has 118 valence electrons. The highest BCUT2D eigenvalue weighted by Crippen LogP contribution is 2.16. The van der Waals surface area contributed by atoms with Gasteiger partial charge in [0.05, 0.1) is 23.2 Å². The second-order valence-electron chi connectivity index (χ2n) is 4.54. The van der Waals surface area contributed by atoms with E-state index < -0.39 is 16.9 Å². The zero-order valence-corrected chi connectivity index (χ0v) is 12.2. The van der Waals surface area contributed by atoms with E-state index in [4.69, 9.17) is 4.74 Å². The van der Waals surface area contributed by atoms with E-state index in [1.807, 2.05) is 0 Å². The van der Waals surface area contributed by atoms with E-state index in [0.717, 1.165) is 0 Å². The van der Waals surface area contributed by atoms with E-state index in [1.54, 1.807) is 18.2 Å². The van der Waals surface area contributed by atoms with Crippen molar-refractivity contribution in [3.8, 4) is 0 Å². The van der Waals surface area contributed by atoms with Crippen molar-refractivity contribution < 1.29 is 24.0 Å². The molecule has 0 N–H and O–H groups in total. The van der Waals surface area contributed by atoms with E-state index in [0.29, 0.717) is 5.56 Å². The van der Waals surface area contributed by atoms with E-state index in [9.17, 15) is 19.7 Å². The fourth-order valence-corrected chi connectivity index (χ4v) is 1.94. The molecule has 0 radical (unpaired) electrons. The Labute approximate surface area is 131 Å². The smallest absolute Gasteiger partial charge is 0.339 e. The predicted octanol–water partition coefficient (Wildman–Crippen LogP) is 2.74. The van der Waals surface area contributed by atoms with Gasteiger partial charge < -0.3 is 9.47 Å². The SMILES string of the molecule is COC(=O)c1ccccc1C(=O)OCc1cccc([N+](=O)[O-])c1. The Morgan fingerprint density at radius 3 is 2.30 bits per heavy atom. The molecule has 2 aromatic carbocycles. The van der Waals surface area contributed by atoms with Crippen LogP contribution >= 0.6 is 0 Å². The number of carbonyl (C=O) groups excluding carboxylic acids is 2. The minimum absolute atomic E-state index is 0.0739. The number of hydrogen-bond acceptors (Lipinski definition) is 6. The zero-order chi connectivity index (χ0) is 16.8. The first-order valence-corrected chi connectivity index (χ1v) is 6.60. The first-order chi connectivity index (χ1) is 11.0. The monoisotopic (exact) mass is 315 g/mol. The third-order valence-electron chi connectivity index (χ3n) is 3.04. The van der Waals surface area contributed by atoms with Gasteiger partial charge in [0, 0.05) is 12.1 Å². The maximum atomic E-state index is 12.1. The molecule has 0 saturated heterocycles. The van der Waals surface area contributed by atoms with Crippen LogP contribution in [0.25, 0.3) is 0 Å². The number of non-ortho nitro benzene ring substituents is 1. The molecule has 0 saturated carbocycles. The lowest BCUT2D eigenvalue weighted by molar-refractivity contribution is -0.384. The summed E-state index contributed by atoms with van der Waals surface area (Å²) in [5.41, 5.74) is 0.556. The van der Waals surface area contributed by atoms with E-state index in [1.165, 1.54) is 37.4 Å². The fourth-order valence-electron chi connectivity index (χ4n) is 1.94. The third-order valence-corrected chi connectivity index (χ3v) is 3.04. The van der Waals surface area contributed by atoms with Crippen LogP contribution in [0, 0.1) is 10.1 Å². The molecule has 23 heavy (non-hydrogen) atoms. The molecule has 2 rings (SSSR count). The van der Waals surface area contributed by atoms with Crippen LogP contribution in [0.2, 0.25) is 0 Å². The average Bonchev–Trinajstić information content (AvgIpc) is 2.59. The van der Waals surface area contributed by atoms with Crippen LogP contribution in [0.5, 0.6) is 0 Å². The molecule has 0 amide bonds. The van der Waals surface area contributed by atoms with Gasteiger partial charge in [0.15, 0.2) is 0 Å². The minimum Gasteiger partial charge on any atom is -0.465 e. The Morgan fingerprint density at radius 1 is 1.04 bits per heavy atom. The number of nitrogens with zero attached hydrogens (tertiary/aromatic N) is 1. The van der Waals surface area contributed by atoms with Crippen molar-refractivity contribution >= 4 is 17.6 Å². The molecule has 0 unspecified atom stereocenters. The van der Waals surface area contributed by atoms with Crippen molar-refractivity contribution in [2.24, 2.45) is 0 Å². The van der Waals surface area contributed by atoms with Crippen LogP contribution in [-0.2, 0) is 16.1 Å². The summed E-state index contributed by atoms with van der Waals surface area (Å²) in [4.78, 5) is 33.9. The Kier molecular flexibility index (Phi) is 5.03. The molecule has 2 aromatic rings. The summed E-state index contributed by atoms with van der Waals surface area (Å²) < 4.78 is 9.73. The van der Waals surface area contributed by atoms with Gasteiger partial charge in [-0.15, -0.1) is 0 Å². The van der Waals surface area contributed by atoms with Gasteiger partial charge in [0.1, 0.15) is 6.61 Å². The third kappa shape index (κ3) is 3.91. The molecule has 0 aliphatic heterocycles. The first-order valence-electron chi connectivity index (χ1n) is 6.60. The van der Waals surface area contributed by atoms with Crippen LogP contribution in [-0.4, -0.2) is 24.0 Å². The molecular formula is C16H13NO6. The molecule has 0 bridgehead atoms. The number of hydrogen-bond donors (Lipinski definition) is 0. The summed E-state index contributed by atoms with van der Waals surface area (Å²) in [6.45, 7) is -0.143. The van der Waals surface area contributed by atoms with Gasteiger partial charge in [-0.25, -0.2) is 9.59 Å². The number of benzene rings is 2. The molecular weight excluding hydrogens is 302 g/mol. The van der Waals surface area contributed by atoms with Crippen LogP contribution in [0.15, 0.2) is 48.5 Å². The number of ether oxygens (including phenoxy) is 2. The summed E-state index contributed by atoms with van der Waals surface area (Å²) in [6.07, 6.45) is 0. The van der Waals surface area contributed by atoms with Crippen LogP contribution in [0.4, 0.5) is 5.69 Å². The molecule has 7 nitrogen and oxygen atoms in total. The Hall–Kier alpha value is -3.22. The van der Waals surface area contributed by atoms with Crippen molar-refractivity contribution in [1.82, 2.24) is 0 Å². The van der Waals surface area contributed by atoms with Gasteiger partial charge in [0.2, 0.25) is 0 Å². The van der Waals surface area contributed by atoms with Crippen LogP contribution in [0.3, 0.4) is 0 Å². The Bertz CT molecular complexity index is 756. The van der Waals surface area contributed by atoms with E-state index in [2.05, 4.69) is 4.74 Å². The van der Waals surface area contributed by atoms with Gasteiger partial charge in [0.25, 0.3) is 5.69 Å². The Balaban J connectivity index is 2.13. The second kappa shape index (κ2) is 7.17. The van der Waals surface area contributed by atoms with Gasteiger partial charge in [-0.3, -0.25) is 10.1 Å². The topological polar surface area (TPSA) is 95.7 Å². The molecule has 0 atom stereocenters. The van der Waals surface area contributed by atoms with Crippen molar-refractivity contribution in [3.63, 3.8) is 0 Å². The standard InChI is InChI=1S/C16H13NO6/c1-22-15(18)13-7-2-3-8-14(13)16(19)23-10-11-5-4-6-12(9-11)17(20)21/h2-9H,10H2,1H3. The summed E-state index contributed by atoms with van der Waals surface area (Å²) in [6, 6.07) is 11.9. The summed E-state index contributed by atoms with van der Waals surface area (Å²) in [5.74, 6) is -1.36. The van der Waals surface area contributed by atoms with Gasteiger partial charge in [-0.2, -0.15) is 0 Å². The lowest BCUT2D eigenvalue weighted by Gasteiger charge is -2.08. The van der Waals surface area contributed by atoms with Crippen LogP contribution < -0.4 is 0 Å². The first kappa shape index (κ1) is 16.2. The average molecular weight is 315 g/mol. The highest BCUT2D eigenvalue weighted by molar-refractivity contribution is 6.03. The van der Waals surface area contributed by atoms with Crippen molar-refractivity contribution in [1.29, 1.82) is 0 Å². The largest absolute Gasteiger partial charge is 0.465 e. The van der Waals surface area contributed by atoms with Crippen molar-refractivity contribution in [3.05, 3.63) is 75.3 Å². The predicted molar refractivity (Wildman–Crippen MR) is 80.0 cm³/mol. The number of carbonyl (C=O) groups is 2. The van der Waals surface area contributed by atoms with E-state index in [-0.39, 0.29) is 23.4 Å². The molecule has 0 aliphatic rings. The molecule has 0 aromatic heterocycles. The Morgan fingerprint density at radius 2 is 1.70 bits per heavy atom. The van der Waals surface area contributed by atoms with E-state index >= 15 is 0 Å². The molecule has 0 aliphatic carbocycles. The molecule has 0 spiro atoms. The van der Waals surface area contributed by atoms with Crippen molar-refractivity contribution in [2.45, 2.75) is 6.61 Å². The minimum atomic E-state index is -0.711. The molecule has 0 fully saturated rings. The lowest BCUT2D eigenvalue weighted by Crippen LogP contribution is -2.12. The number of methoxy groups -OCH3 is 1. The summed E-state index contributed by atoms with van der Waals surface area (Å²) in [5, 5.41) is 10.7. The summed E-state index contributed by atoms with van der Waals surface area (Å²) in [7, 11) is 1.22. The number of esters is 2. The highest BCUT2D eigenvalue weighted by Gasteiger charge is 2.18. The summed E-state index contributed by atoms with van der Waals surface area (Å²) >= 11 is 0. The maximum Gasteiger partial charge on any atom is 0.339 e. The second-order valence-corrected chi connectivity index (χ2v) is 4.54. The van der Waals surface area contributed by atoms with Gasteiger partial charge in [-0.05, 0) is 17.7 Å². The number of rotatable bonds is 5. The maximum absolute atomic E-state index is 12.1. The van der Waals surface area contributed by atoms with Gasteiger partial charge in [-0.1, -0.05) is 24.3 Å². The normalized spacial score (nSPS) is 9.96. The fraction of sp³-hybridized carbons (Fsp3) is 0.125. The highest BCUT2D eigenvalue weighted by atomic mass is 16.6. The molecule has 7 heteroatoms. The zero-order valence-electron chi connectivity index (χ0n) is 12.2. The van der Waals surface area contributed by atoms with Gasteiger partial charge >= 0.3 is 11.9 Å².